The first-order valence-corrected chi connectivity index (χ1v) is 9.27. The third kappa shape index (κ3) is 2.60. The maximum absolute atomic E-state index is 12.7. The second-order valence-corrected chi connectivity index (χ2v) is 7.74. The summed E-state index contributed by atoms with van der Waals surface area (Å²) >= 11 is 1.62. The largest absolute Gasteiger partial charge is 0.332 e. The molecule has 6 nitrogen and oxygen atoms in total. The molecule has 0 aromatic carbocycles. The van der Waals surface area contributed by atoms with Gasteiger partial charge in [-0.05, 0) is 26.2 Å². The van der Waals surface area contributed by atoms with E-state index >= 15 is 0 Å². The molecule has 3 aliphatic heterocycles. The summed E-state index contributed by atoms with van der Waals surface area (Å²) < 4.78 is 0. The Hall–Kier alpha value is -1.63. The first kappa shape index (κ1) is 14.9. The molecule has 0 N–H and O–H groups in total. The van der Waals surface area contributed by atoms with Crippen molar-refractivity contribution < 1.29 is 9.59 Å². The molecule has 1 aromatic heterocycles. The summed E-state index contributed by atoms with van der Waals surface area (Å²) in [4.78, 5) is 35.4. The van der Waals surface area contributed by atoms with Crippen LogP contribution >= 0.6 is 11.3 Å². The number of aromatic nitrogens is 1. The molecule has 23 heavy (non-hydrogen) atoms. The van der Waals surface area contributed by atoms with Gasteiger partial charge in [0.15, 0.2) is 0 Å². The van der Waals surface area contributed by atoms with Crippen molar-refractivity contribution in [2.75, 3.05) is 19.6 Å². The first-order chi connectivity index (χ1) is 11.1. The van der Waals surface area contributed by atoms with Gasteiger partial charge in [0, 0.05) is 31.4 Å². The van der Waals surface area contributed by atoms with E-state index in [-0.39, 0.29) is 24.0 Å². The minimum Gasteiger partial charge on any atom is -0.332 e. The number of hydrogen-bond acceptors (Lipinski definition) is 4. The Bertz CT molecular complexity index is 625. The number of carbonyl (C=O) groups is 2. The average Bonchev–Trinajstić information content (AvgIpc) is 3.27. The van der Waals surface area contributed by atoms with Crippen LogP contribution in [0, 0.1) is 6.92 Å². The van der Waals surface area contributed by atoms with Crippen molar-refractivity contribution in [2.24, 2.45) is 0 Å². The molecule has 3 saturated heterocycles. The Morgan fingerprint density at radius 1 is 1.30 bits per heavy atom. The lowest BCUT2D eigenvalue weighted by Gasteiger charge is -2.28. The lowest BCUT2D eigenvalue weighted by atomic mass is 10.1. The fourth-order valence-corrected chi connectivity index (χ4v) is 4.72. The molecule has 1 aromatic rings. The molecular weight excluding hydrogens is 312 g/mol. The zero-order valence-electron chi connectivity index (χ0n) is 13.4. The van der Waals surface area contributed by atoms with Crippen LogP contribution < -0.4 is 0 Å². The lowest BCUT2D eigenvalue weighted by molar-refractivity contribution is -0.129. The zero-order chi connectivity index (χ0) is 16.0. The standard InChI is InChI=1S/C16H22N4O2S/c1-11-17-12(10-23-11)9-20-13-4-7-19(14(13)8-15(20)21)16(22)18-5-2-3-6-18/h10,13-14H,2-9H2,1H3/t13-,14+/m1/s1. The maximum atomic E-state index is 12.7. The summed E-state index contributed by atoms with van der Waals surface area (Å²) in [5.74, 6) is 0.157. The summed E-state index contributed by atoms with van der Waals surface area (Å²) in [5.41, 5.74) is 0.964. The van der Waals surface area contributed by atoms with E-state index in [1.165, 1.54) is 0 Å². The van der Waals surface area contributed by atoms with Crippen molar-refractivity contribution in [3.8, 4) is 0 Å². The van der Waals surface area contributed by atoms with Crippen molar-refractivity contribution in [3.05, 3.63) is 16.1 Å². The minimum atomic E-state index is 0.0512. The Morgan fingerprint density at radius 3 is 2.78 bits per heavy atom. The van der Waals surface area contributed by atoms with Crippen molar-refractivity contribution in [1.82, 2.24) is 19.7 Å². The van der Waals surface area contributed by atoms with Gasteiger partial charge in [0.25, 0.3) is 0 Å². The molecule has 0 aliphatic carbocycles. The third-order valence-electron chi connectivity index (χ3n) is 5.24. The van der Waals surface area contributed by atoms with Crippen LogP contribution in [-0.4, -0.2) is 63.3 Å². The number of aryl methyl sites for hydroxylation is 1. The number of likely N-dealkylation sites (tertiary alicyclic amines) is 3. The van der Waals surface area contributed by atoms with Crippen LogP contribution in [0.2, 0.25) is 0 Å². The minimum absolute atomic E-state index is 0.0512. The van der Waals surface area contributed by atoms with Crippen molar-refractivity contribution in [3.63, 3.8) is 0 Å². The highest BCUT2D eigenvalue weighted by Crippen LogP contribution is 2.34. The van der Waals surface area contributed by atoms with Crippen LogP contribution in [0.3, 0.4) is 0 Å². The number of thiazole rings is 1. The number of rotatable bonds is 2. The van der Waals surface area contributed by atoms with Crippen LogP contribution in [0.5, 0.6) is 0 Å². The topological polar surface area (TPSA) is 56.8 Å². The molecule has 3 amide bonds. The Kier molecular flexibility index (Phi) is 3.75. The normalized spacial score (nSPS) is 27.2. The van der Waals surface area contributed by atoms with E-state index in [2.05, 4.69) is 4.98 Å². The van der Waals surface area contributed by atoms with Gasteiger partial charge in [0.1, 0.15) is 0 Å². The monoisotopic (exact) mass is 334 g/mol. The number of hydrogen-bond donors (Lipinski definition) is 0. The van der Waals surface area contributed by atoms with E-state index in [1.807, 2.05) is 27.0 Å². The van der Waals surface area contributed by atoms with Crippen LogP contribution in [0.25, 0.3) is 0 Å². The van der Waals surface area contributed by atoms with Gasteiger partial charge in [0.05, 0.1) is 29.3 Å². The Labute approximate surface area is 140 Å². The van der Waals surface area contributed by atoms with Crippen LogP contribution in [0.4, 0.5) is 4.79 Å². The lowest BCUT2D eigenvalue weighted by Crippen LogP contribution is -2.46. The van der Waals surface area contributed by atoms with Crippen LogP contribution in [0.1, 0.15) is 36.4 Å². The van der Waals surface area contributed by atoms with Gasteiger partial charge in [-0.25, -0.2) is 9.78 Å². The summed E-state index contributed by atoms with van der Waals surface area (Å²) in [6, 6.07) is 0.348. The Balaban J connectivity index is 1.47. The van der Waals surface area contributed by atoms with Gasteiger partial charge >= 0.3 is 6.03 Å². The van der Waals surface area contributed by atoms with E-state index < -0.39 is 0 Å². The number of nitrogens with zero attached hydrogens (tertiary/aromatic N) is 4. The van der Waals surface area contributed by atoms with Gasteiger partial charge in [-0.15, -0.1) is 11.3 Å². The average molecular weight is 334 g/mol. The second-order valence-electron chi connectivity index (χ2n) is 6.68. The third-order valence-corrected chi connectivity index (χ3v) is 6.06. The highest BCUT2D eigenvalue weighted by atomic mass is 32.1. The predicted molar refractivity (Wildman–Crippen MR) is 87.1 cm³/mol. The first-order valence-electron chi connectivity index (χ1n) is 8.39. The van der Waals surface area contributed by atoms with Crippen LogP contribution in [0.15, 0.2) is 5.38 Å². The van der Waals surface area contributed by atoms with E-state index in [4.69, 9.17) is 0 Å². The summed E-state index contributed by atoms with van der Waals surface area (Å²) in [7, 11) is 0. The van der Waals surface area contributed by atoms with E-state index in [0.29, 0.717) is 13.0 Å². The second kappa shape index (κ2) is 5.78. The smallest absolute Gasteiger partial charge is 0.320 e. The molecule has 4 rings (SSSR count). The van der Waals surface area contributed by atoms with Gasteiger partial charge in [0.2, 0.25) is 5.91 Å². The SMILES string of the molecule is Cc1nc(CN2C(=O)C[C@H]3[C@H]2CCN3C(=O)N2CCCC2)cs1. The zero-order valence-corrected chi connectivity index (χ0v) is 14.2. The van der Waals surface area contributed by atoms with Gasteiger partial charge in [-0.1, -0.05) is 0 Å². The molecule has 124 valence electrons. The highest BCUT2D eigenvalue weighted by Gasteiger charge is 2.49. The summed E-state index contributed by atoms with van der Waals surface area (Å²) in [6.45, 7) is 5.06. The molecule has 0 radical (unpaired) electrons. The molecule has 0 unspecified atom stereocenters. The van der Waals surface area contributed by atoms with Crippen LogP contribution in [-0.2, 0) is 11.3 Å². The maximum Gasteiger partial charge on any atom is 0.320 e. The van der Waals surface area contributed by atoms with E-state index in [9.17, 15) is 9.59 Å². The molecule has 3 aliphatic rings. The molecule has 0 bridgehead atoms. The summed E-state index contributed by atoms with van der Waals surface area (Å²) in [5, 5.41) is 3.05. The molecule has 4 heterocycles. The van der Waals surface area contributed by atoms with Gasteiger partial charge < -0.3 is 14.7 Å². The fraction of sp³-hybridized carbons (Fsp3) is 0.688. The summed E-state index contributed by atoms with van der Waals surface area (Å²) in [6.07, 6.45) is 3.55. The molecule has 2 atom stereocenters. The highest BCUT2D eigenvalue weighted by molar-refractivity contribution is 7.09. The van der Waals surface area contributed by atoms with Crippen molar-refractivity contribution >= 4 is 23.3 Å². The van der Waals surface area contributed by atoms with E-state index in [0.717, 1.165) is 49.6 Å². The Morgan fingerprint density at radius 2 is 2.09 bits per heavy atom. The van der Waals surface area contributed by atoms with E-state index in [1.54, 1.807) is 11.3 Å². The molecule has 0 spiro atoms. The predicted octanol–water partition coefficient (Wildman–Crippen LogP) is 1.84. The fourth-order valence-electron chi connectivity index (χ4n) is 4.12. The quantitative estimate of drug-likeness (QED) is 0.829. The number of fused-ring (bicyclic) bond motifs is 1. The number of amides is 3. The number of urea groups is 1. The van der Waals surface area contributed by atoms with Gasteiger partial charge in [-0.2, -0.15) is 0 Å². The molecule has 3 fully saturated rings. The van der Waals surface area contributed by atoms with Gasteiger partial charge in [-0.3, -0.25) is 4.79 Å². The van der Waals surface area contributed by atoms with Crippen molar-refractivity contribution in [1.29, 1.82) is 0 Å². The van der Waals surface area contributed by atoms with Crippen molar-refractivity contribution in [2.45, 2.75) is 51.2 Å². The molecule has 7 heteroatoms. The number of carbonyl (C=O) groups excluding carboxylic acids is 2. The molecular formula is C16H22N4O2S. The molecule has 0 saturated carbocycles.